The lowest BCUT2D eigenvalue weighted by Gasteiger charge is -2.21. The Kier molecular flexibility index (Phi) is 6.92. The van der Waals surface area contributed by atoms with Crippen LogP contribution >= 0.6 is 0 Å². The number of amides is 1. The maximum atomic E-state index is 12.5. The highest BCUT2D eigenvalue weighted by Gasteiger charge is 2.15. The second kappa shape index (κ2) is 9.16. The molecule has 1 amide bonds. The van der Waals surface area contributed by atoms with Crippen molar-refractivity contribution in [3.8, 4) is 11.4 Å². The van der Waals surface area contributed by atoms with Gasteiger partial charge in [0.2, 0.25) is 0 Å². The van der Waals surface area contributed by atoms with Crippen LogP contribution in [0, 0.1) is 5.92 Å². The smallest absolute Gasteiger partial charge is 0.270 e. The van der Waals surface area contributed by atoms with Crippen molar-refractivity contribution in [1.82, 2.24) is 15.3 Å². The van der Waals surface area contributed by atoms with Gasteiger partial charge in [-0.3, -0.25) is 4.79 Å². The van der Waals surface area contributed by atoms with Gasteiger partial charge in [-0.1, -0.05) is 44.2 Å². The van der Waals surface area contributed by atoms with Crippen LogP contribution in [0.3, 0.4) is 0 Å². The third-order valence-corrected chi connectivity index (χ3v) is 4.07. The summed E-state index contributed by atoms with van der Waals surface area (Å²) in [6.07, 6.45) is 0.950. The van der Waals surface area contributed by atoms with Crippen LogP contribution in [0.25, 0.3) is 11.4 Å². The van der Waals surface area contributed by atoms with Crippen LogP contribution < -0.4 is 10.2 Å². The van der Waals surface area contributed by atoms with Crippen molar-refractivity contribution < 1.29 is 4.79 Å². The number of hydrogen-bond acceptors (Lipinski definition) is 4. The first kappa shape index (κ1) is 18.9. The second-order valence-corrected chi connectivity index (χ2v) is 6.41. The highest BCUT2D eigenvalue weighted by Crippen LogP contribution is 2.20. The average Bonchev–Trinajstić information content (AvgIpc) is 2.63. The third kappa shape index (κ3) is 5.28. The Morgan fingerprint density at radius 3 is 2.40 bits per heavy atom. The zero-order valence-electron chi connectivity index (χ0n) is 15.6. The molecule has 1 aromatic heterocycles. The van der Waals surface area contributed by atoms with Gasteiger partial charge in [-0.25, -0.2) is 9.97 Å². The number of hydrogen-bond donors (Lipinski definition) is 1. The van der Waals surface area contributed by atoms with E-state index in [9.17, 15) is 4.79 Å². The van der Waals surface area contributed by atoms with E-state index in [1.165, 1.54) is 0 Å². The van der Waals surface area contributed by atoms with E-state index in [1.807, 2.05) is 30.3 Å². The number of aromatic nitrogens is 2. The summed E-state index contributed by atoms with van der Waals surface area (Å²) in [4.78, 5) is 23.8. The van der Waals surface area contributed by atoms with E-state index in [4.69, 9.17) is 0 Å². The standard InChI is InChI=1S/C20H28N4O/c1-5-24(6-2)18-14-17(20(25)21-13-12-15(3)4)22-19(23-18)16-10-8-7-9-11-16/h7-11,14-15H,5-6,12-13H2,1-4H3,(H,21,25). The molecule has 0 fully saturated rings. The predicted octanol–water partition coefficient (Wildman–Crippen LogP) is 3.77. The minimum Gasteiger partial charge on any atom is -0.357 e. The van der Waals surface area contributed by atoms with Gasteiger partial charge in [-0.15, -0.1) is 0 Å². The number of carbonyl (C=O) groups excluding carboxylic acids is 1. The molecule has 1 heterocycles. The van der Waals surface area contributed by atoms with Gasteiger partial charge in [0.1, 0.15) is 11.5 Å². The van der Waals surface area contributed by atoms with Crippen LogP contribution in [0.4, 0.5) is 5.82 Å². The van der Waals surface area contributed by atoms with Gasteiger partial charge in [0.25, 0.3) is 5.91 Å². The minimum absolute atomic E-state index is 0.145. The highest BCUT2D eigenvalue weighted by molar-refractivity contribution is 5.93. The van der Waals surface area contributed by atoms with E-state index in [0.29, 0.717) is 24.0 Å². The third-order valence-electron chi connectivity index (χ3n) is 4.07. The van der Waals surface area contributed by atoms with Gasteiger partial charge < -0.3 is 10.2 Å². The van der Waals surface area contributed by atoms with Crippen molar-refractivity contribution in [3.63, 3.8) is 0 Å². The number of carbonyl (C=O) groups is 1. The van der Waals surface area contributed by atoms with Gasteiger partial charge in [-0.2, -0.15) is 0 Å². The molecule has 0 spiro atoms. The molecule has 25 heavy (non-hydrogen) atoms. The minimum atomic E-state index is -0.145. The van der Waals surface area contributed by atoms with Crippen LogP contribution in [0.2, 0.25) is 0 Å². The van der Waals surface area contributed by atoms with Crippen molar-refractivity contribution in [1.29, 1.82) is 0 Å². The fourth-order valence-electron chi connectivity index (χ4n) is 2.54. The molecule has 1 N–H and O–H groups in total. The fourth-order valence-corrected chi connectivity index (χ4v) is 2.54. The SMILES string of the molecule is CCN(CC)c1cc(C(=O)NCCC(C)C)nc(-c2ccccc2)n1. The topological polar surface area (TPSA) is 58.1 Å². The Balaban J connectivity index is 2.34. The molecule has 0 atom stereocenters. The molecule has 0 radical (unpaired) electrons. The molecule has 0 aliphatic rings. The van der Waals surface area contributed by atoms with Crippen molar-refractivity contribution in [2.45, 2.75) is 34.1 Å². The number of rotatable bonds is 8. The molecule has 0 saturated carbocycles. The predicted molar refractivity (Wildman–Crippen MR) is 103 cm³/mol. The summed E-state index contributed by atoms with van der Waals surface area (Å²) in [5, 5.41) is 2.96. The number of nitrogens with one attached hydrogen (secondary N) is 1. The Hall–Kier alpha value is -2.43. The van der Waals surface area contributed by atoms with Crippen LogP contribution in [0.15, 0.2) is 36.4 Å². The molecule has 134 valence electrons. The molecule has 2 rings (SSSR count). The molecular weight excluding hydrogens is 312 g/mol. The lowest BCUT2D eigenvalue weighted by molar-refractivity contribution is 0.0947. The van der Waals surface area contributed by atoms with E-state index in [0.717, 1.165) is 30.9 Å². The maximum Gasteiger partial charge on any atom is 0.270 e. The highest BCUT2D eigenvalue weighted by atomic mass is 16.1. The summed E-state index contributed by atoms with van der Waals surface area (Å²) in [5.74, 6) is 1.78. The van der Waals surface area contributed by atoms with Gasteiger partial charge in [0.15, 0.2) is 5.82 Å². The van der Waals surface area contributed by atoms with Crippen LogP contribution in [-0.4, -0.2) is 35.5 Å². The van der Waals surface area contributed by atoms with E-state index >= 15 is 0 Å². The molecule has 2 aromatic rings. The molecule has 0 saturated heterocycles. The van der Waals surface area contributed by atoms with Gasteiger partial charge in [0, 0.05) is 31.3 Å². The molecule has 0 aliphatic heterocycles. The molecule has 0 bridgehead atoms. The Bertz CT molecular complexity index is 681. The summed E-state index contributed by atoms with van der Waals surface area (Å²) in [6, 6.07) is 11.6. The van der Waals surface area contributed by atoms with Gasteiger partial charge in [-0.05, 0) is 26.2 Å². The van der Waals surface area contributed by atoms with Crippen LogP contribution in [0.1, 0.15) is 44.6 Å². The number of anilines is 1. The normalized spacial score (nSPS) is 10.8. The Morgan fingerprint density at radius 2 is 1.80 bits per heavy atom. The summed E-state index contributed by atoms with van der Waals surface area (Å²) < 4.78 is 0. The maximum absolute atomic E-state index is 12.5. The Labute approximate surface area is 150 Å². The summed E-state index contributed by atoms with van der Waals surface area (Å²) >= 11 is 0. The van der Waals surface area contributed by atoms with Gasteiger partial charge >= 0.3 is 0 Å². The lowest BCUT2D eigenvalue weighted by Crippen LogP contribution is -2.28. The van der Waals surface area contributed by atoms with Crippen LogP contribution in [0.5, 0.6) is 0 Å². The molecule has 0 aliphatic carbocycles. The molecule has 5 nitrogen and oxygen atoms in total. The largest absolute Gasteiger partial charge is 0.357 e. The summed E-state index contributed by atoms with van der Waals surface area (Å²) in [6.45, 7) is 10.8. The van der Waals surface area contributed by atoms with Crippen molar-refractivity contribution >= 4 is 11.7 Å². The lowest BCUT2D eigenvalue weighted by atomic mass is 10.1. The molecule has 0 unspecified atom stereocenters. The van der Waals surface area contributed by atoms with E-state index in [-0.39, 0.29) is 5.91 Å². The first-order valence-electron chi connectivity index (χ1n) is 9.02. The van der Waals surface area contributed by atoms with E-state index < -0.39 is 0 Å². The number of benzene rings is 1. The Morgan fingerprint density at radius 1 is 1.12 bits per heavy atom. The zero-order valence-corrected chi connectivity index (χ0v) is 15.6. The first-order valence-corrected chi connectivity index (χ1v) is 9.02. The van der Waals surface area contributed by atoms with Crippen LogP contribution in [-0.2, 0) is 0 Å². The quantitative estimate of drug-likeness (QED) is 0.795. The zero-order chi connectivity index (χ0) is 18.2. The summed E-state index contributed by atoms with van der Waals surface area (Å²) in [5.41, 5.74) is 1.33. The van der Waals surface area contributed by atoms with E-state index in [2.05, 4.69) is 47.9 Å². The number of nitrogens with zero attached hydrogens (tertiary/aromatic N) is 3. The molecular formula is C20H28N4O. The van der Waals surface area contributed by atoms with Crippen molar-refractivity contribution in [2.24, 2.45) is 5.92 Å². The molecule has 5 heteroatoms. The van der Waals surface area contributed by atoms with Crippen molar-refractivity contribution in [3.05, 3.63) is 42.1 Å². The van der Waals surface area contributed by atoms with E-state index in [1.54, 1.807) is 6.07 Å². The fraction of sp³-hybridized carbons (Fsp3) is 0.450. The second-order valence-electron chi connectivity index (χ2n) is 6.41. The summed E-state index contributed by atoms with van der Waals surface area (Å²) in [7, 11) is 0. The molecule has 1 aromatic carbocycles. The van der Waals surface area contributed by atoms with Gasteiger partial charge in [0.05, 0.1) is 0 Å². The first-order chi connectivity index (χ1) is 12.0. The van der Waals surface area contributed by atoms with Crippen molar-refractivity contribution in [2.75, 3.05) is 24.5 Å². The average molecular weight is 340 g/mol. The monoisotopic (exact) mass is 340 g/mol.